The average Bonchev–Trinajstić information content (AvgIpc) is 2.26. The molecule has 3 heteroatoms. The quantitative estimate of drug-likeness (QED) is 0.787. The highest BCUT2D eigenvalue weighted by atomic mass is 35.5. The third-order valence-corrected chi connectivity index (χ3v) is 2.81. The predicted octanol–water partition coefficient (Wildman–Crippen LogP) is 3.38. The predicted molar refractivity (Wildman–Crippen MR) is 63.7 cm³/mol. The molecule has 2 nitrogen and oxygen atoms in total. The first-order valence-corrected chi connectivity index (χ1v) is 5.64. The van der Waals surface area contributed by atoms with Crippen LogP contribution in [0.1, 0.15) is 19.4 Å². The maximum Gasteiger partial charge on any atom is 0.164 e. The maximum absolute atomic E-state index is 11.8. The van der Waals surface area contributed by atoms with E-state index in [1.165, 1.54) is 0 Å². The second kappa shape index (κ2) is 4.30. The van der Waals surface area contributed by atoms with Gasteiger partial charge in [-0.15, -0.1) is 0 Å². The lowest BCUT2D eigenvalue weighted by molar-refractivity contribution is -0.118. The van der Waals surface area contributed by atoms with Crippen molar-refractivity contribution in [1.29, 1.82) is 0 Å². The van der Waals surface area contributed by atoms with Gasteiger partial charge >= 0.3 is 0 Å². The van der Waals surface area contributed by atoms with Crippen molar-refractivity contribution in [3.8, 4) is 5.75 Å². The number of ketones is 1. The van der Waals surface area contributed by atoms with Crippen LogP contribution in [0.15, 0.2) is 30.0 Å². The van der Waals surface area contributed by atoms with E-state index in [2.05, 4.69) is 0 Å². The molecule has 0 aliphatic carbocycles. The fourth-order valence-electron chi connectivity index (χ4n) is 1.70. The average molecular weight is 237 g/mol. The van der Waals surface area contributed by atoms with Gasteiger partial charge in [0, 0.05) is 28.5 Å². The van der Waals surface area contributed by atoms with Crippen LogP contribution in [-0.2, 0) is 11.2 Å². The van der Waals surface area contributed by atoms with E-state index in [0.29, 0.717) is 17.0 Å². The van der Waals surface area contributed by atoms with E-state index >= 15 is 0 Å². The van der Waals surface area contributed by atoms with E-state index in [1.807, 2.05) is 26.0 Å². The Bertz CT molecular complexity index is 461. The topological polar surface area (TPSA) is 26.3 Å². The first kappa shape index (κ1) is 11.2. The Morgan fingerprint density at radius 2 is 2.19 bits per heavy atom. The summed E-state index contributed by atoms with van der Waals surface area (Å²) >= 11 is 5.91. The zero-order valence-electron chi connectivity index (χ0n) is 9.29. The summed E-state index contributed by atoms with van der Waals surface area (Å²) in [6.45, 7) is 3.77. The monoisotopic (exact) mass is 236 g/mol. The molecule has 1 aliphatic heterocycles. The summed E-state index contributed by atoms with van der Waals surface area (Å²) in [5, 5.41) is 0.667. The van der Waals surface area contributed by atoms with Gasteiger partial charge in [0.05, 0.1) is 6.26 Å². The van der Waals surface area contributed by atoms with Crippen molar-refractivity contribution in [2.75, 3.05) is 0 Å². The summed E-state index contributed by atoms with van der Waals surface area (Å²) in [5.41, 5.74) is 1.68. The van der Waals surface area contributed by atoms with Crippen LogP contribution in [0, 0.1) is 5.92 Å². The molecule has 0 fully saturated rings. The third-order valence-electron chi connectivity index (χ3n) is 2.57. The van der Waals surface area contributed by atoms with E-state index in [4.69, 9.17) is 16.3 Å². The number of carbonyl (C=O) groups excluding carboxylic acids is 1. The first-order valence-electron chi connectivity index (χ1n) is 5.26. The molecule has 1 aromatic rings. The molecule has 0 aromatic heterocycles. The molecule has 84 valence electrons. The molecule has 1 aliphatic rings. The molecule has 0 N–H and O–H groups in total. The van der Waals surface area contributed by atoms with Crippen LogP contribution in [0.3, 0.4) is 0 Å². The molecule has 0 bridgehead atoms. The molecule has 0 saturated carbocycles. The van der Waals surface area contributed by atoms with E-state index in [9.17, 15) is 4.79 Å². The second-order valence-corrected chi connectivity index (χ2v) is 4.65. The van der Waals surface area contributed by atoms with Gasteiger partial charge in [0.15, 0.2) is 5.78 Å². The van der Waals surface area contributed by atoms with Crippen molar-refractivity contribution in [2.24, 2.45) is 5.92 Å². The van der Waals surface area contributed by atoms with E-state index in [0.717, 1.165) is 11.3 Å². The molecule has 0 atom stereocenters. The van der Waals surface area contributed by atoms with Crippen molar-refractivity contribution in [3.05, 3.63) is 40.6 Å². The van der Waals surface area contributed by atoms with Crippen LogP contribution < -0.4 is 4.74 Å². The minimum absolute atomic E-state index is 0.00409. The summed E-state index contributed by atoms with van der Waals surface area (Å²) in [4.78, 5) is 11.8. The van der Waals surface area contributed by atoms with Gasteiger partial charge in [0.25, 0.3) is 0 Å². The number of benzene rings is 1. The van der Waals surface area contributed by atoms with Crippen LogP contribution in [0.4, 0.5) is 0 Å². The van der Waals surface area contributed by atoms with Crippen molar-refractivity contribution < 1.29 is 9.53 Å². The summed E-state index contributed by atoms with van der Waals surface area (Å²) < 4.78 is 5.42. The lowest BCUT2D eigenvalue weighted by Crippen LogP contribution is -2.16. The van der Waals surface area contributed by atoms with Crippen molar-refractivity contribution in [3.63, 3.8) is 0 Å². The molecular weight excluding hydrogens is 224 g/mol. The third kappa shape index (κ3) is 2.12. The normalized spacial score (nSPS) is 14.1. The van der Waals surface area contributed by atoms with Gasteiger partial charge in [-0.2, -0.15) is 0 Å². The summed E-state index contributed by atoms with van der Waals surface area (Å²) in [7, 11) is 0. The van der Waals surface area contributed by atoms with E-state index in [1.54, 1.807) is 12.3 Å². The summed E-state index contributed by atoms with van der Waals surface area (Å²) in [6, 6.07) is 5.45. The number of Topliss-reactive ketones (excluding diaryl/α,β-unsaturated/α-hetero) is 1. The number of carbonyl (C=O) groups is 1. The number of fused-ring (bicyclic) bond motifs is 1. The van der Waals surface area contributed by atoms with Crippen LogP contribution in [0.25, 0.3) is 0 Å². The van der Waals surface area contributed by atoms with Gasteiger partial charge in [-0.05, 0) is 18.2 Å². The standard InChI is InChI=1S/C13H13ClO2/c1-8(2)13(15)10-5-9-6-11(14)3-4-12(9)16-7-10/h3-4,6-8H,5H2,1-2H3. The second-order valence-electron chi connectivity index (χ2n) is 4.21. The number of hydrogen-bond acceptors (Lipinski definition) is 2. The largest absolute Gasteiger partial charge is 0.464 e. The zero-order valence-corrected chi connectivity index (χ0v) is 10.0. The van der Waals surface area contributed by atoms with Crippen LogP contribution in [0.2, 0.25) is 5.02 Å². The Hall–Kier alpha value is -1.28. The Kier molecular flexibility index (Phi) is 3.01. The molecule has 2 rings (SSSR count). The van der Waals surface area contributed by atoms with Gasteiger partial charge in [-0.3, -0.25) is 4.79 Å². The summed E-state index contributed by atoms with van der Waals surface area (Å²) in [6.07, 6.45) is 2.16. The van der Waals surface area contributed by atoms with Crippen molar-refractivity contribution in [2.45, 2.75) is 20.3 Å². The molecule has 0 amide bonds. The Morgan fingerprint density at radius 1 is 1.44 bits per heavy atom. The van der Waals surface area contributed by atoms with Crippen molar-refractivity contribution >= 4 is 17.4 Å². The van der Waals surface area contributed by atoms with E-state index < -0.39 is 0 Å². The van der Waals surface area contributed by atoms with Gasteiger partial charge in [0.1, 0.15) is 5.75 Å². The highest BCUT2D eigenvalue weighted by Gasteiger charge is 2.20. The Morgan fingerprint density at radius 3 is 2.88 bits per heavy atom. The lowest BCUT2D eigenvalue weighted by atomic mass is 9.95. The fourth-order valence-corrected chi connectivity index (χ4v) is 1.89. The molecule has 0 unspecified atom stereocenters. The number of hydrogen-bond donors (Lipinski definition) is 0. The van der Waals surface area contributed by atoms with Crippen LogP contribution in [0.5, 0.6) is 5.75 Å². The lowest BCUT2D eigenvalue weighted by Gasteiger charge is -2.17. The fraction of sp³-hybridized carbons (Fsp3) is 0.308. The molecule has 0 spiro atoms. The highest BCUT2D eigenvalue weighted by Crippen LogP contribution is 2.30. The van der Waals surface area contributed by atoms with Crippen LogP contribution >= 0.6 is 11.6 Å². The Labute approximate surface area is 99.9 Å². The molecule has 1 heterocycles. The smallest absolute Gasteiger partial charge is 0.164 e. The van der Waals surface area contributed by atoms with Gasteiger partial charge in [-0.1, -0.05) is 25.4 Å². The number of halogens is 1. The molecular formula is C13H13ClO2. The highest BCUT2D eigenvalue weighted by molar-refractivity contribution is 6.30. The zero-order chi connectivity index (χ0) is 11.7. The van der Waals surface area contributed by atoms with Crippen molar-refractivity contribution in [1.82, 2.24) is 0 Å². The molecule has 16 heavy (non-hydrogen) atoms. The minimum Gasteiger partial charge on any atom is -0.464 e. The molecule has 1 aromatic carbocycles. The van der Waals surface area contributed by atoms with Gasteiger partial charge in [0.2, 0.25) is 0 Å². The number of allylic oxidation sites excluding steroid dienone is 1. The number of rotatable bonds is 2. The first-order chi connectivity index (χ1) is 7.58. The van der Waals surface area contributed by atoms with E-state index in [-0.39, 0.29) is 11.7 Å². The molecule has 0 radical (unpaired) electrons. The van der Waals surface area contributed by atoms with Gasteiger partial charge in [-0.25, -0.2) is 0 Å². The number of ether oxygens (including phenoxy) is 1. The molecule has 0 saturated heterocycles. The van der Waals surface area contributed by atoms with Gasteiger partial charge < -0.3 is 4.74 Å². The summed E-state index contributed by atoms with van der Waals surface area (Å²) in [5.74, 6) is 0.908. The Balaban J connectivity index is 2.26. The maximum atomic E-state index is 11.8. The SMILES string of the molecule is CC(C)C(=O)C1=COc2ccc(Cl)cc2C1. The minimum atomic E-state index is -0.00409. The van der Waals surface area contributed by atoms with Crippen LogP contribution in [-0.4, -0.2) is 5.78 Å².